The average molecular weight is 322 g/mol. The van der Waals surface area contributed by atoms with Gasteiger partial charge in [0, 0.05) is 11.4 Å². The number of halogens is 2. The second-order valence-electron chi connectivity index (χ2n) is 5.16. The van der Waals surface area contributed by atoms with Crippen molar-refractivity contribution in [3.05, 3.63) is 29.3 Å². The zero-order valence-electron chi connectivity index (χ0n) is 11.5. The summed E-state index contributed by atoms with van der Waals surface area (Å²) in [6.45, 7) is 3.81. The molecule has 0 radical (unpaired) electrons. The van der Waals surface area contributed by atoms with Gasteiger partial charge in [0.1, 0.15) is 11.5 Å². The Morgan fingerprint density at radius 1 is 1.35 bits per heavy atom. The number of Topliss-reactive ketones (excluding diaryl/α,β-unsaturated/α-hetero) is 1. The third-order valence-corrected chi connectivity index (χ3v) is 4.34. The van der Waals surface area contributed by atoms with Crippen LogP contribution in [0.4, 0.5) is 4.39 Å². The number of sulfonamides is 1. The fourth-order valence-electron chi connectivity index (χ4n) is 1.62. The number of rotatable bonds is 6. The van der Waals surface area contributed by atoms with E-state index in [1.165, 1.54) is 45.0 Å². The molecule has 1 N–H and O–H groups in total. The molecule has 1 aromatic carbocycles. The molecule has 20 heavy (non-hydrogen) atoms. The molecule has 0 aliphatic carbocycles. The van der Waals surface area contributed by atoms with Crippen LogP contribution < -0.4 is 4.72 Å². The molecule has 0 aromatic heterocycles. The molecule has 0 spiro atoms. The van der Waals surface area contributed by atoms with Crippen molar-refractivity contribution >= 4 is 27.4 Å². The van der Waals surface area contributed by atoms with Crippen LogP contribution in [0.5, 0.6) is 0 Å². The molecule has 7 heteroatoms. The van der Waals surface area contributed by atoms with Crippen LogP contribution in [0.15, 0.2) is 29.2 Å². The lowest BCUT2D eigenvalue weighted by atomic mass is 9.99. The summed E-state index contributed by atoms with van der Waals surface area (Å²) in [7, 11) is -3.89. The zero-order valence-corrected chi connectivity index (χ0v) is 13.1. The maximum atomic E-state index is 13.6. The van der Waals surface area contributed by atoms with Crippen LogP contribution >= 0.6 is 11.6 Å². The van der Waals surface area contributed by atoms with Crippen molar-refractivity contribution in [2.75, 3.05) is 0 Å². The van der Waals surface area contributed by atoms with Gasteiger partial charge in [-0.15, -0.1) is 0 Å². The van der Waals surface area contributed by atoms with Crippen molar-refractivity contribution in [3.63, 3.8) is 0 Å². The van der Waals surface area contributed by atoms with Crippen LogP contribution in [0.1, 0.15) is 27.2 Å². The van der Waals surface area contributed by atoms with Crippen LogP contribution in [0.3, 0.4) is 0 Å². The Hall–Kier alpha value is -0.980. The molecule has 0 saturated carbocycles. The third-order valence-electron chi connectivity index (χ3n) is 2.60. The number of nitrogens with one attached hydrogen (secondary N) is 1. The molecular formula is C13H17ClFNO3S. The van der Waals surface area contributed by atoms with Gasteiger partial charge in [-0.1, -0.05) is 11.6 Å². The summed E-state index contributed by atoms with van der Waals surface area (Å²) in [4.78, 5) is 11.4. The summed E-state index contributed by atoms with van der Waals surface area (Å²) in [6.07, 6.45) is -0.227. The second kappa shape index (κ2) is 6.20. The maximum absolute atomic E-state index is 13.6. The molecule has 1 rings (SSSR count). The smallest absolute Gasteiger partial charge is 0.241 e. The van der Waals surface area contributed by atoms with E-state index < -0.39 is 27.5 Å². The molecule has 0 aliphatic heterocycles. The Morgan fingerprint density at radius 2 is 1.85 bits per heavy atom. The van der Waals surface area contributed by atoms with E-state index in [9.17, 15) is 17.6 Å². The Morgan fingerprint density at radius 3 is 2.25 bits per heavy atom. The van der Waals surface area contributed by atoms with Gasteiger partial charge in [-0.3, -0.25) is 4.79 Å². The quantitative estimate of drug-likeness (QED) is 0.876. The van der Waals surface area contributed by atoms with Crippen molar-refractivity contribution in [1.82, 2.24) is 4.72 Å². The number of alkyl halides is 1. The Labute approximate surface area is 123 Å². The summed E-state index contributed by atoms with van der Waals surface area (Å²) in [5, 5.41) is 0.400. The Balaban J connectivity index is 2.97. The van der Waals surface area contributed by atoms with E-state index in [2.05, 4.69) is 4.72 Å². The van der Waals surface area contributed by atoms with Crippen LogP contribution in [0, 0.1) is 0 Å². The highest BCUT2D eigenvalue weighted by Crippen LogP contribution is 2.19. The van der Waals surface area contributed by atoms with Gasteiger partial charge in [0.15, 0.2) is 0 Å². The molecule has 112 valence electrons. The lowest BCUT2D eigenvalue weighted by Crippen LogP contribution is -2.43. The fourth-order valence-corrected chi connectivity index (χ4v) is 3.00. The Bertz CT molecular complexity index is 579. The highest BCUT2D eigenvalue weighted by atomic mass is 35.5. The first-order valence-corrected chi connectivity index (χ1v) is 7.85. The van der Waals surface area contributed by atoms with E-state index in [1.54, 1.807) is 0 Å². The van der Waals surface area contributed by atoms with Crippen molar-refractivity contribution in [1.29, 1.82) is 0 Å². The minimum atomic E-state index is -3.89. The number of ketones is 1. The van der Waals surface area contributed by atoms with Gasteiger partial charge in [0.2, 0.25) is 10.0 Å². The summed E-state index contributed by atoms with van der Waals surface area (Å²) >= 11 is 5.69. The summed E-state index contributed by atoms with van der Waals surface area (Å²) in [5.74, 6) is -0.437. The predicted molar refractivity (Wildman–Crippen MR) is 76.0 cm³/mol. The Kier molecular flexibility index (Phi) is 5.29. The molecule has 0 amide bonds. The van der Waals surface area contributed by atoms with Gasteiger partial charge in [-0.05, 0) is 45.0 Å². The summed E-state index contributed by atoms with van der Waals surface area (Å²) in [5.41, 5.74) is -1.65. The average Bonchev–Trinajstić information content (AvgIpc) is 2.26. The predicted octanol–water partition coefficient (Wildman–Crippen LogP) is 2.71. The first-order chi connectivity index (χ1) is 9.01. The maximum Gasteiger partial charge on any atom is 0.241 e. The number of hydrogen-bond donors (Lipinski definition) is 1. The van der Waals surface area contributed by atoms with E-state index in [0.29, 0.717) is 5.02 Å². The normalized spacial score (nSPS) is 14.1. The number of hydrogen-bond acceptors (Lipinski definition) is 3. The molecule has 4 nitrogen and oxygen atoms in total. The minimum Gasteiger partial charge on any atom is -0.298 e. The van der Waals surface area contributed by atoms with Gasteiger partial charge in [0.05, 0.1) is 10.9 Å². The van der Waals surface area contributed by atoms with Crippen LogP contribution in [0.25, 0.3) is 0 Å². The number of benzene rings is 1. The van der Waals surface area contributed by atoms with Gasteiger partial charge < -0.3 is 0 Å². The van der Waals surface area contributed by atoms with Gasteiger partial charge in [-0.25, -0.2) is 17.5 Å². The molecule has 0 saturated heterocycles. The third kappa shape index (κ3) is 5.19. The molecule has 1 unspecified atom stereocenters. The van der Waals surface area contributed by atoms with Gasteiger partial charge >= 0.3 is 0 Å². The molecule has 0 heterocycles. The van der Waals surface area contributed by atoms with Crippen molar-refractivity contribution in [2.24, 2.45) is 0 Å². The number of carbonyl (C=O) groups excluding carboxylic acids is 1. The first kappa shape index (κ1) is 17.1. The van der Waals surface area contributed by atoms with Crippen molar-refractivity contribution in [3.8, 4) is 0 Å². The molecule has 0 fully saturated rings. The van der Waals surface area contributed by atoms with E-state index in [1.807, 2.05) is 0 Å². The van der Waals surface area contributed by atoms with Crippen LogP contribution in [0.2, 0.25) is 5.02 Å². The van der Waals surface area contributed by atoms with E-state index in [4.69, 9.17) is 11.6 Å². The van der Waals surface area contributed by atoms with Gasteiger partial charge in [0.25, 0.3) is 0 Å². The molecule has 0 bridgehead atoms. The molecule has 1 atom stereocenters. The highest BCUT2D eigenvalue weighted by molar-refractivity contribution is 7.89. The monoisotopic (exact) mass is 321 g/mol. The largest absolute Gasteiger partial charge is 0.298 e. The summed E-state index contributed by atoms with van der Waals surface area (Å²) < 4.78 is 40.1. The fraction of sp³-hybridized carbons (Fsp3) is 0.462. The van der Waals surface area contributed by atoms with Crippen LogP contribution in [-0.4, -0.2) is 25.9 Å². The first-order valence-electron chi connectivity index (χ1n) is 5.98. The minimum absolute atomic E-state index is 0.0233. The lowest BCUT2D eigenvalue weighted by Gasteiger charge is -2.22. The van der Waals surface area contributed by atoms with Crippen molar-refractivity contribution in [2.45, 2.75) is 43.8 Å². The molecule has 1 aromatic rings. The standard InChI is InChI=1S/C13H17ClFNO3S/c1-9(17)12(8-13(2,3)15)16-20(18,19)11-6-4-10(14)5-7-11/h4-7,12,16H,8H2,1-3H3. The summed E-state index contributed by atoms with van der Waals surface area (Å²) in [6, 6.07) is 4.40. The van der Waals surface area contributed by atoms with E-state index in [-0.39, 0.29) is 11.3 Å². The second-order valence-corrected chi connectivity index (χ2v) is 7.31. The van der Waals surface area contributed by atoms with E-state index >= 15 is 0 Å². The van der Waals surface area contributed by atoms with Crippen molar-refractivity contribution < 1.29 is 17.6 Å². The SMILES string of the molecule is CC(=O)C(CC(C)(C)F)NS(=O)(=O)c1ccc(Cl)cc1. The number of carbonyl (C=O) groups is 1. The highest BCUT2D eigenvalue weighted by Gasteiger charge is 2.29. The van der Waals surface area contributed by atoms with E-state index in [0.717, 1.165) is 0 Å². The zero-order chi connectivity index (χ0) is 15.6. The van der Waals surface area contributed by atoms with Crippen LogP contribution in [-0.2, 0) is 14.8 Å². The lowest BCUT2D eigenvalue weighted by molar-refractivity contribution is -0.119. The topological polar surface area (TPSA) is 63.2 Å². The molecule has 0 aliphatic rings. The molecular weight excluding hydrogens is 305 g/mol. The van der Waals surface area contributed by atoms with Gasteiger partial charge in [-0.2, -0.15) is 0 Å².